The van der Waals surface area contributed by atoms with Gasteiger partial charge in [-0.2, -0.15) is 13.2 Å². The van der Waals surface area contributed by atoms with Crippen LogP contribution in [0.4, 0.5) is 19.0 Å². The van der Waals surface area contributed by atoms with Gasteiger partial charge in [0.25, 0.3) is 5.91 Å². The zero-order valence-electron chi connectivity index (χ0n) is 18.5. The van der Waals surface area contributed by atoms with E-state index in [9.17, 15) is 18.0 Å². The SMILES string of the molecule is CCc1nc(C)nc(N2CCN(C(=O)c3ccco3)CC2)c1Cc1cccc(C(F)(F)F)c1. The van der Waals surface area contributed by atoms with Gasteiger partial charge in [-0.1, -0.05) is 25.1 Å². The molecule has 33 heavy (non-hydrogen) atoms. The molecule has 4 rings (SSSR count). The van der Waals surface area contributed by atoms with E-state index in [4.69, 9.17) is 4.42 Å². The van der Waals surface area contributed by atoms with Gasteiger partial charge in [0.05, 0.1) is 11.8 Å². The number of carbonyl (C=O) groups excluding carboxylic acids is 1. The summed E-state index contributed by atoms with van der Waals surface area (Å²) < 4.78 is 44.8. The fourth-order valence-corrected chi connectivity index (χ4v) is 4.11. The molecule has 0 aliphatic carbocycles. The number of aromatic nitrogens is 2. The average Bonchev–Trinajstić information content (AvgIpc) is 3.34. The van der Waals surface area contributed by atoms with Crippen LogP contribution < -0.4 is 4.90 Å². The Kier molecular flexibility index (Phi) is 6.40. The summed E-state index contributed by atoms with van der Waals surface area (Å²) >= 11 is 0. The molecule has 3 aromatic rings. The minimum absolute atomic E-state index is 0.156. The molecule has 0 unspecified atom stereocenters. The Morgan fingerprint density at radius 2 is 1.85 bits per heavy atom. The van der Waals surface area contributed by atoms with Crippen molar-refractivity contribution in [2.75, 3.05) is 31.1 Å². The Bertz CT molecular complexity index is 1120. The van der Waals surface area contributed by atoms with E-state index in [1.54, 1.807) is 23.1 Å². The van der Waals surface area contributed by atoms with E-state index in [0.717, 1.165) is 23.1 Å². The highest BCUT2D eigenvalue weighted by Gasteiger charge is 2.31. The van der Waals surface area contributed by atoms with E-state index >= 15 is 0 Å². The van der Waals surface area contributed by atoms with Crippen molar-refractivity contribution in [2.45, 2.75) is 32.9 Å². The molecule has 0 saturated carbocycles. The number of alkyl halides is 3. The van der Waals surface area contributed by atoms with Crippen molar-refractivity contribution >= 4 is 11.7 Å². The monoisotopic (exact) mass is 458 g/mol. The fraction of sp³-hybridized carbons (Fsp3) is 0.375. The highest BCUT2D eigenvalue weighted by Crippen LogP contribution is 2.31. The number of amides is 1. The first-order valence-corrected chi connectivity index (χ1v) is 10.9. The lowest BCUT2D eigenvalue weighted by atomic mass is 10.00. The summed E-state index contributed by atoms with van der Waals surface area (Å²) in [6, 6.07) is 8.70. The minimum Gasteiger partial charge on any atom is -0.459 e. The van der Waals surface area contributed by atoms with Crippen molar-refractivity contribution in [3.8, 4) is 0 Å². The Hall–Kier alpha value is -3.36. The summed E-state index contributed by atoms with van der Waals surface area (Å²) in [5, 5.41) is 0. The number of aryl methyl sites for hydroxylation is 2. The van der Waals surface area contributed by atoms with Gasteiger partial charge in [-0.25, -0.2) is 9.97 Å². The molecule has 6 nitrogen and oxygen atoms in total. The maximum absolute atomic E-state index is 13.2. The number of benzene rings is 1. The van der Waals surface area contributed by atoms with E-state index in [1.165, 1.54) is 18.4 Å². The third-order valence-corrected chi connectivity index (χ3v) is 5.75. The number of hydrogen-bond donors (Lipinski definition) is 0. The lowest BCUT2D eigenvalue weighted by molar-refractivity contribution is -0.137. The van der Waals surface area contributed by atoms with Crippen molar-refractivity contribution in [1.82, 2.24) is 14.9 Å². The van der Waals surface area contributed by atoms with Crippen LogP contribution >= 0.6 is 0 Å². The second-order valence-corrected chi connectivity index (χ2v) is 8.00. The first-order chi connectivity index (χ1) is 15.8. The second kappa shape index (κ2) is 9.25. The maximum Gasteiger partial charge on any atom is 0.416 e. The summed E-state index contributed by atoms with van der Waals surface area (Å²) in [5.74, 6) is 1.49. The summed E-state index contributed by atoms with van der Waals surface area (Å²) in [4.78, 5) is 25.6. The van der Waals surface area contributed by atoms with Crippen molar-refractivity contribution in [3.05, 3.63) is 76.6 Å². The predicted molar refractivity (Wildman–Crippen MR) is 117 cm³/mol. The Labute approximate surface area is 190 Å². The molecule has 0 bridgehead atoms. The molecule has 0 radical (unpaired) electrons. The van der Waals surface area contributed by atoms with E-state index in [1.807, 2.05) is 13.8 Å². The van der Waals surface area contributed by atoms with Gasteiger partial charge in [-0.3, -0.25) is 4.79 Å². The summed E-state index contributed by atoms with van der Waals surface area (Å²) in [7, 11) is 0. The van der Waals surface area contributed by atoms with Crippen LogP contribution in [0.15, 0.2) is 47.1 Å². The van der Waals surface area contributed by atoms with Crippen LogP contribution in [-0.2, 0) is 19.0 Å². The molecule has 1 aliphatic heterocycles. The van der Waals surface area contributed by atoms with Gasteiger partial charge < -0.3 is 14.2 Å². The number of furan rings is 1. The molecular formula is C24H25F3N4O2. The van der Waals surface area contributed by atoms with Crippen LogP contribution in [0.3, 0.4) is 0 Å². The van der Waals surface area contributed by atoms with Gasteiger partial charge in [0, 0.05) is 43.9 Å². The second-order valence-electron chi connectivity index (χ2n) is 8.00. The van der Waals surface area contributed by atoms with Gasteiger partial charge in [-0.15, -0.1) is 0 Å². The third-order valence-electron chi connectivity index (χ3n) is 5.75. The van der Waals surface area contributed by atoms with Crippen LogP contribution in [0, 0.1) is 6.92 Å². The molecule has 1 saturated heterocycles. The third kappa shape index (κ3) is 5.02. The quantitative estimate of drug-likeness (QED) is 0.563. The van der Waals surface area contributed by atoms with Crippen molar-refractivity contribution < 1.29 is 22.4 Å². The first kappa shape index (κ1) is 22.8. The van der Waals surface area contributed by atoms with Crippen LogP contribution in [0.1, 0.15) is 45.7 Å². The Balaban J connectivity index is 1.59. The molecule has 1 aromatic carbocycles. The molecule has 2 aromatic heterocycles. The predicted octanol–water partition coefficient (Wildman–Crippen LogP) is 4.51. The summed E-state index contributed by atoms with van der Waals surface area (Å²) in [5.41, 5.74) is 1.54. The molecule has 1 amide bonds. The maximum atomic E-state index is 13.2. The van der Waals surface area contributed by atoms with E-state index in [-0.39, 0.29) is 5.91 Å². The number of rotatable bonds is 5. The molecule has 0 N–H and O–H groups in total. The molecule has 0 atom stereocenters. The molecule has 0 spiro atoms. The smallest absolute Gasteiger partial charge is 0.416 e. The zero-order valence-corrected chi connectivity index (χ0v) is 18.5. The van der Waals surface area contributed by atoms with E-state index < -0.39 is 11.7 Å². The van der Waals surface area contributed by atoms with Gasteiger partial charge in [0.15, 0.2) is 5.76 Å². The molecular weight excluding hydrogens is 433 g/mol. The van der Waals surface area contributed by atoms with Crippen LogP contribution in [-0.4, -0.2) is 47.0 Å². The van der Waals surface area contributed by atoms with Crippen LogP contribution in [0.5, 0.6) is 0 Å². The fourth-order valence-electron chi connectivity index (χ4n) is 4.11. The van der Waals surface area contributed by atoms with Crippen molar-refractivity contribution in [2.24, 2.45) is 0 Å². The average molecular weight is 458 g/mol. The number of nitrogens with zero attached hydrogens (tertiary/aromatic N) is 4. The van der Waals surface area contributed by atoms with Gasteiger partial charge in [0.2, 0.25) is 0 Å². The molecule has 9 heteroatoms. The summed E-state index contributed by atoms with van der Waals surface area (Å²) in [6.07, 6.45) is -1.98. The van der Waals surface area contributed by atoms with Crippen LogP contribution in [0.2, 0.25) is 0 Å². The van der Waals surface area contributed by atoms with Crippen molar-refractivity contribution in [3.63, 3.8) is 0 Å². The lowest BCUT2D eigenvalue weighted by Gasteiger charge is -2.36. The largest absolute Gasteiger partial charge is 0.459 e. The van der Waals surface area contributed by atoms with E-state index in [0.29, 0.717) is 56.2 Å². The van der Waals surface area contributed by atoms with Crippen molar-refractivity contribution in [1.29, 1.82) is 0 Å². The van der Waals surface area contributed by atoms with E-state index in [2.05, 4.69) is 14.9 Å². The van der Waals surface area contributed by atoms with Gasteiger partial charge in [-0.05, 0) is 37.1 Å². The highest BCUT2D eigenvalue weighted by atomic mass is 19.4. The summed E-state index contributed by atoms with van der Waals surface area (Å²) in [6.45, 7) is 5.89. The molecule has 1 fully saturated rings. The van der Waals surface area contributed by atoms with Crippen LogP contribution in [0.25, 0.3) is 0 Å². The number of hydrogen-bond acceptors (Lipinski definition) is 5. The number of halogens is 3. The first-order valence-electron chi connectivity index (χ1n) is 10.9. The topological polar surface area (TPSA) is 62.5 Å². The Morgan fingerprint density at radius 3 is 2.48 bits per heavy atom. The molecule has 174 valence electrons. The normalized spacial score (nSPS) is 14.6. The lowest BCUT2D eigenvalue weighted by Crippen LogP contribution is -2.49. The van der Waals surface area contributed by atoms with Gasteiger partial charge >= 0.3 is 6.18 Å². The molecule has 1 aliphatic rings. The number of piperazine rings is 1. The number of carbonyl (C=O) groups is 1. The standard InChI is InChI=1S/C24H25F3N4O2/c1-3-20-19(15-17-6-4-7-18(14-17)24(25,26)27)22(29-16(2)28-20)30-9-11-31(12-10-30)23(32)21-8-5-13-33-21/h4-8,13-14H,3,9-12,15H2,1-2H3. The Morgan fingerprint density at radius 1 is 1.09 bits per heavy atom. The zero-order chi connectivity index (χ0) is 23.6. The number of anilines is 1. The highest BCUT2D eigenvalue weighted by molar-refractivity contribution is 5.91. The minimum atomic E-state index is -4.40. The molecule has 3 heterocycles. The van der Waals surface area contributed by atoms with Gasteiger partial charge in [0.1, 0.15) is 11.6 Å².